The number of hydrogen-bond donors (Lipinski definition) is 1. The Bertz CT molecular complexity index is 913. The van der Waals surface area contributed by atoms with Crippen molar-refractivity contribution in [2.24, 2.45) is 0 Å². The number of rotatable bonds is 5. The van der Waals surface area contributed by atoms with Crippen LogP contribution in [0.25, 0.3) is 11.5 Å². The highest BCUT2D eigenvalue weighted by Crippen LogP contribution is 2.31. The molecule has 0 unspecified atom stereocenters. The van der Waals surface area contributed by atoms with Crippen LogP contribution in [-0.4, -0.2) is 32.4 Å². The number of aromatic hydroxyl groups is 1. The van der Waals surface area contributed by atoms with Gasteiger partial charge in [-0.25, -0.2) is 14.4 Å². The van der Waals surface area contributed by atoms with E-state index < -0.39 is 5.82 Å². The second-order valence-corrected chi connectivity index (χ2v) is 6.22. The van der Waals surface area contributed by atoms with Gasteiger partial charge >= 0.3 is 0 Å². The van der Waals surface area contributed by atoms with Crippen LogP contribution in [-0.2, 0) is 0 Å². The lowest BCUT2D eigenvalue weighted by atomic mass is 9.92. The monoisotopic (exact) mass is 377 g/mol. The summed E-state index contributed by atoms with van der Waals surface area (Å²) in [4.78, 5) is 8.33. The van der Waals surface area contributed by atoms with Crippen molar-refractivity contribution in [1.29, 1.82) is 0 Å². The van der Waals surface area contributed by atoms with E-state index in [0.717, 1.165) is 0 Å². The SMILES string of the molecule is Oc1cc(-c2cnc(O[C@H]3C[C@@H](Oc4ccc(F)c(Cl)c4)C3)cn2)on1. The Labute approximate surface area is 152 Å². The van der Waals surface area contributed by atoms with E-state index >= 15 is 0 Å². The topological polar surface area (TPSA) is 90.5 Å². The summed E-state index contributed by atoms with van der Waals surface area (Å²) in [5, 5.41) is 12.6. The standard InChI is InChI=1S/C17H13ClFN3O4/c18-12-5-9(1-2-13(12)19)24-10-3-11(4-10)25-17-8-20-14(7-21-17)15-6-16(23)22-26-15/h1-2,5-8,10-11H,3-4H2,(H,22,23)/t10-,11+. The van der Waals surface area contributed by atoms with Gasteiger partial charge < -0.3 is 19.1 Å². The van der Waals surface area contributed by atoms with E-state index in [1.807, 2.05) is 0 Å². The molecule has 26 heavy (non-hydrogen) atoms. The Balaban J connectivity index is 1.29. The van der Waals surface area contributed by atoms with E-state index in [2.05, 4.69) is 15.1 Å². The number of hydrogen-bond acceptors (Lipinski definition) is 7. The molecule has 7 nitrogen and oxygen atoms in total. The number of nitrogens with zero attached hydrogens (tertiary/aromatic N) is 3. The van der Waals surface area contributed by atoms with Gasteiger partial charge in [0.2, 0.25) is 5.88 Å². The summed E-state index contributed by atoms with van der Waals surface area (Å²) < 4.78 is 29.5. The first-order valence-corrected chi connectivity index (χ1v) is 8.21. The Morgan fingerprint density at radius 3 is 2.58 bits per heavy atom. The van der Waals surface area contributed by atoms with Crippen molar-refractivity contribution in [3.05, 3.63) is 47.5 Å². The minimum absolute atomic E-state index is 0.0223. The Kier molecular flexibility index (Phi) is 4.34. The summed E-state index contributed by atoms with van der Waals surface area (Å²) in [5.74, 6) is 0.531. The van der Waals surface area contributed by atoms with Gasteiger partial charge in [-0.2, -0.15) is 0 Å². The van der Waals surface area contributed by atoms with Gasteiger partial charge in [-0.1, -0.05) is 11.6 Å². The molecule has 0 spiro atoms. The fourth-order valence-corrected chi connectivity index (χ4v) is 2.68. The van der Waals surface area contributed by atoms with E-state index in [1.165, 1.54) is 30.6 Å². The third-order valence-corrected chi connectivity index (χ3v) is 4.20. The lowest BCUT2D eigenvalue weighted by molar-refractivity contribution is 0.00203. The summed E-state index contributed by atoms with van der Waals surface area (Å²) in [6.07, 6.45) is 4.24. The molecule has 134 valence electrons. The molecule has 0 saturated heterocycles. The molecule has 0 bridgehead atoms. The summed E-state index contributed by atoms with van der Waals surface area (Å²) in [6, 6.07) is 5.62. The molecule has 9 heteroatoms. The number of halogens is 2. The summed E-state index contributed by atoms with van der Waals surface area (Å²) >= 11 is 5.73. The molecule has 2 heterocycles. The van der Waals surface area contributed by atoms with Gasteiger partial charge in [-0.3, -0.25) is 0 Å². The zero-order chi connectivity index (χ0) is 18.1. The van der Waals surface area contributed by atoms with Crippen LogP contribution in [0.1, 0.15) is 12.8 Å². The fourth-order valence-electron chi connectivity index (χ4n) is 2.51. The van der Waals surface area contributed by atoms with Gasteiger partial charge in [-0.05, 0) is 17.3 Å². The van der Waals surface area contributed by atoms with Crippen LogP contribution in [0.5, 0.6) is 17.5 Å². The lowest BCUT2D eigenvalue weighted by Gasteiger charge is -2.34. The molecule has 0 amide bonds. The molecule has 1 aromatic carbocycles. The average Bonchev–Trinajstić information content (AvgIpc) is 3.03. The maximum absolute atomic E-state index is 13.1. The molecule has 3 aromatic rings. The predicted octanol–water partition coefficient (Wildman–Crippen LogP) is 3.62. The van der Waals surface area contributed by atoms with Crippen LogP contribution in [0, 0.1) is 5.82 Å². The van der Waals surface area contributed by atoms with Crippen LogP contribution in [0.15, 0.2) is 41.2 Å². The van der Waals surface area contributed by atoms with Crippen LogP contribution >= 0.6 is 11.6 Å². The number of aromatic nitrogens is 3. The summed E-state index contributed by atoms with van der Waals surface area (Å²) in [5.41, 5.74) is 0.438. The molecule has 1 aliphatic rings. The zero-order valence-corrected chi connectivity index (χ0v) is 14.1. The maximum Gasteiger partial charge on any atom is 0.252 e. The normalized spacial score (nSPS) is 19.0. The third kappa shape index (κ3) is 3.55. The summed E-state index contributed by atoms with van der Waals surface area (Å²) in [6.45, 7) is 0. The molecule has 4 rings (SSSR count). The van der Waals surface area contributed by atoms with Gasteiger partial charge in [0, 0.05) is 18.9 Å². The fraction of sp³-hybridized carbons (Fsp3) is 0.235. The number of benzene rings is 1. The van der Waals surface area contributed by atoms with Crippen LogP contribution < -0.4 is 9.47 Å². The van der Waals surface area contributed by atoms with Crippen molar-refractivity contribution >= 4 is 11.6 Å². The van der Waals surface area contributed by atoms with Gasteiger partial charge in [0.05, 0.1) is 23.5 Å². The molecular formula is C17H13ClFN3O4. The first-order valence-electron chi connectivity index (χ1n) is 7.83. The molecule has 1 aliphatic carbocycles. The van der Waals surface area contributed by atoms with E-state index in [9.17, 15) is 9.50 Å². The Hall–Kier alpha value is -2.87. The van der Waals surface area contributed by atoms with Crippen LogP contribution in [0.3, 0.4) is 0 Å². The minimum atomic E-state index is -0.476. The third-order valence-electron chi connectivity index (χ3n) is 3.91. The van der Waals surface area contributed by atoms with Crippen LogP contribution in [0.2, 0.25) is 5.02 Å². The highest BCUT2D eigenvalue weighted by molar-refractivity contribution is 6.30. The molecule has 0 radical (unpaired) electrons. The first kappa shape index (κ1) is 16.6. The molecular weight excluding hydrogens is 365 g/mol. The minimum Gasteiger partial charge on any atom is -0.491 e. The van der Waals surface area contributed by atoms with Crippen molar-refractivity contribution in [3.63, 3.8) is 0 Å². The predicted molar refractivity (Wildman–Crippen MR) is 88.7 cm³/mol. The maximum atomic E-state index is 13.1. The van der Waals surface area contributed by atoms with Crippen molar-refractivity contribution in [2.75, 3.05) is 0 Å². The molecule has 1 saturated carbocycles. The van der Waals surface area contributed by atoms with Crippen LogP contribution in [0.4, 0.5) is 4.39 Å². The van der Waals surface area contributed by atoms with E-state index in [1.54, 1.807) is 6.07 Å². The van der Waals surface area contributed by atoms with Crippen molar-refractivity contribution in [3.8, 4) is 29.0 Å². The highest BCUT2D eigenvalue weighted by atomic mass is 35.5. The quantitative estimate of drug-likeness (QED) is 0.726. The Morgan fingerprint density at radius 2 is 1.92 bits per heavy atom. The lowest BCUT2D eigenvalue weighted by Crippen LogP contribution is -2.41. The molecule has 0 atom stereocenters. The molecule has 1 N–H and O–H groups in total. The average molecular weight is 378 g/mol. The van der Waals surface area contributed by atoms with Gasteiger partial charge in [0.1, 0.15) is 29.5 Å². The van der Waals surface area contributed by atoms with Crippen molar-refractivity contribution in [1.82, 2.24) is 15.1 Å². The first-order chi connectivity index (χ1) is 12.6. The van der Waals surface area contributed by atoms with E-state index in [-0.39, 0.29) is 23.1 Å². The molecule has 2 aromatic heterocycles. The number of ether oxygens (including phenoxy) is 2. The zero-order valence-electron chi connectivity index (χ0n) is 13.3. The van der Waals surface area contributed by atoms with Gasteiger partial charge in [0.25, 0.3) is 5.88 Å². The molecule has 0 aliphatic heterocycles. The van der Waals surface area contributed by atoms with E-state index in [4.69, 9.17) is 25.6 Å². The summed E-state index contributed by atoms with van der Waals surface area (Å²) in [7, 11) is 0. The van der Waals surface area contributed by atoms with Crippen molar-refractivity contribution < 1.29 is 23.5 Å². The van der Waals surface area contributed by atoms with Crippen molar-refractivity contribution in [2.45, 2.75) is 25.0 Å². The smallest absolute Gasteiger partial charge is 0.252 e. The molecule has 1 fully saturated rings. The van der Waals surface area contributed by atoms with Gasteiger partial charge in [-0.15, -0.1) is 0 Å². The second-order valence-electron chi connectivity index (χ2n) is 5.82. The van der Waals surface area contributed by atoms with Gasteiger partial charge in [0.15, 0.2) is 5.76 Å². The second kappa shape index (κ2) is 6.80. The largest absolute Gasteiger partial charge is 0.491 e. The highest BCUT2D eigenvalue weighted by Gasteiger charge is 2.33. The Morgan fingerprint density at radius 1 is 1.12 bits per heavy atom. The van der Waals surface area contributed by atoms with E-state index in [0.29, 0.717) is 35.9 Å².